The molecule has 0 radical (unpaired) electrons. The van der Waals surface area contributed by atoms with E-state index in [9.17, 15) is 14.4 Å². The molecule has 0 saturated carbocycles. The quantitative estimate of drug-likeness (QED) is 0.248. The lowest BCUT2D eigenvalue weighted by Crippen LogP contribution is -2.25. The number of rotatable bonds is 16. The van der Waals surface area contributed by atoms with Crippen molar-refractivity contribution < 1.29 is 19.5 Å². The van der Waals surface area contributed by atoms with Crippen LogP contribution in [0.4, 0.5) is 0 Å². The van der Waals surface area contributed by atoms with Gasteiger partial charge in [0.25, 0.3) is 0 Å². The predicted octanol–water partition coefficient (Wildman–Crippen LogP) is 7.17. The summed E-state index contributed by atoms with van der Waals surface area (Å²) in [5.41, 5.74) is 0. The zero-order valence-corrected chi connectivity index (χ0v) is 21.7. The Hall–Kier alpha value is -1.39. The van der Waals surface area contributed by atoms with Crippen molar-refractivity contribution in [3.8, 4) is 0 Å². The second-order valence-corrected chi connectivity index (χ2v) is 8.74. The first-order valence-corrected chi connectivity index (χ1v) is 12.7. The standard InChI is InChI=1S/C20H37NO4.2C3H8/c1-16(2)18(22)12-10-8-6-4-5-7-9-11-15-21-19(23)14-13-17(3)20(24)25;2*1-3-2/h16-17H,4-15H2,1-3H3,(H,21,23)(H,24,25);2*3H2,1-2H3. The molecule has 0 fully saturated rings. The number of hydrogen-bond acceptors (Lipinski definition) is 3. The number of nitrogens with one attached hydrogen (secondary N) is 1. The molecule has 2 N–H and O–H groups in total. The van der Waals surface area contributed by atoms with Crippen molar-refractivity contribution in [2.75, 3.05) is 6.54 Å². The Morgan fingerprint density at radius 2 is 1.13 bits per heavy atom. The van der Waals surface area contributed by atoms with Crippen molar-refractivity contribution in [3.05, 3.63) is 0 Å². The SMILES string of the molecule is CC(C)C(=O)CCCCCCCCCCNC(=O)CCC(C)C(=O)O.CCC.CCC. The van der Waals surface area contributed by atoms with Gasteiger partial charge in [-0.3, -0.25) is 14.4 Å². The van der Waals surface area contributed by atoms with Gasteiger partial charge >= 0.3 is 5.97 Å². The molecule has 0 aliphatic heterocycles. The van der Waals surface area contributed by atoms with Crippen molar-refractivity contribution >= 4 is 17.7 Å². The predicted molar refractivity (Wildman–Crippen MR) is 132 cm³/mol. The molecule has 186 valence electrons. The summed E-state index contributed by atoms with van der Waals surface area (Å²) in [7, 11) is 0. The molecule has 1 unspecified atom stereocenters. The third kappa shape index (κ3) is 30.9. The van der Waals surface area contributed by atoms with Gasteiger partial charge in [-0.15, -0.1) is 0 Å². The van der Waals surface area contributed by atoms with Crippen LogP contribution in [0.15, 0.2) is 0 Å². The van der Waals surface area contributed by atoms with Crippen LogP contribution in [-0.4, -0.2) is 29.3 Å². The molecule has 5 nitrogen and oxygen atoms in total. The fourth-order valence-electron chi connectivity index (χ4n) is 2.56. The maximum absolute atomic E-state index is 11.6. The largest absolute Gasteiger partial charge is 0.481 e. The minimum Gasteiger partial charge on any atom is -0.481 e. The molecule has 5 heteroatoms. The first kappa shape index (κ1) is 34.2. The number of hydrogen-bond donors (Lipinski definition) is 2. The molecule has 1 amide bonds. The molecule has 0 spiro atoms. The molecule has 0 rings (SSSR count). The number of amides is 1. The van der Waals surface area contributed by atoms with Crippen molar-refractivity contribution in [1.29, 1.82) is 0 Å². The highest BCUT2D eigenvalue weighted by Crippen LogP contribution is 2.11. The van der Waals surface area contributed by atoms with Crippen molar-refractivity contribution in [2.24, 2.45) is 11.8 Å². The molecule has 1 atom stereocenters. The lowest BCUT2D eigenvalue weighted by atomic mass is 10.0. The van der Waals surface area contributed by atoms with Crippen molar-refractivity contribution in [2.45, 2.75) is 132 Å². The highest BCUT2D eigenvalue weighted by atomic mass is 16.4. The molecular formula is C26H53NO4. The molecule has 0 aromatic heterocycles. The Morgan fingerprint density at radius 1 is 0.710 bits per heavy atom. The van der Waals surface area contributed by atoms with E-state index in [2.05, 4.69) is 33.0 Å². The topological polar surface area (TPSA) is 83.5 Å². The van der Waals surface area contributed by atoms with Gasteiger partial charge in [-0.05, 0) is 19.3 Å². The maximum atomic E-state index is 11.6. The van der Waals surface area contributed by atoms with E-state index in [1.807, 2.05) is 13.8 Å². The Labute approximate surface area is 193 Å². The van der Waals surface area contributed by atoms with E-state index in [0.29, 0.717) is 18.7 Å². The van der Waals surface area contributed by atoms with E-state index in [1.165, 1.54) is 38.5 Å². The van der Waals surface area contributed by atoms with E-state index in [4.69, 9.17) is 5.11 Å². The molecule has 0 bridgehead atoms. The lowest BCUT2D eigenvalue weighted by Gasteiger charge is -2.07. The number of ketones is 1. The van der Waals surface area contributed by atoms with E-state index in [0.717, 1.165) is 32.1 Å². The van der Waals surface area contributed by atoms with Gasteiger partial charge in [-0.25, -0.2) is 0 Å². The Kier molecular flexibility index (Phi) is 29.4. The minimum absolute atomic E-state index is 0.0518. The molecule has 0 aliphatic rings. The van der Waals surface area contributed by atoms with Crippen LogP contribution in [0.3, 0.4) is 0 Å². The second-order valence-electron chi connectivity index (χ2n) is 8.74. The normalized spacial score (nSPS) is 11.0. The van der Waals surface area contributed by atoms with Gasteiger partial charge in [0.2, 0.25) is 5.91 Å². The Balaban J connectivity index is -0.00000116. The number of carbonyl (C=O) groups excluding carboxylic acids is 2. The zero-order chi connectivity index (χ0) is 24.5. The minimum atomic E-state index is -0.848. The molecule has 0 aliphatic carbocycles. The first-order chi connectivity index (χ1) is 14.7. The third-order valence-corrected chi connectivity index (χ3v) is 4.54. The van der Waals surface area contributed by atoms with E-state index >= 15 is 0 Å². The summed E-state index contributed by atoms with van der Waals surface area (Å²) in [6.07, 6.45) is 12.9. The van der Waals surface area contributed by atoms with Gasteiger partial charge in [-0.2, -0.15) is 0 Å². The number of carbonyl (C=O) groups is 3. The summed E-state index contributed by atoms with van der Waals surface area (Å²) in [5.74, 6) is -0.821. The Bertz CT molecular complexity index is 420. The lowest BCUT2D eigenvalue weighted by molar-refractivity contribution is -0.141. The number of aliphatic carboxylic acids is 1. The van der Waals surface area contributed by atoms with Crippen LogP contribution < -0.4 is 5.32 Å². The van der Waals surface area contributed by atoms with Crippen LogP contribution >= 0.6 is 0 Å². The molecule has 0 aromatic rings. The van der Waals surface area contributed by atoms with Crippen molar-refractivity contribution in [1.82, 2.24) is 5.32 Å². The van der Waals surface area contributed by atoms with Crippen molar-refractivity contribution in [3.63, 3.8) is 0 Å². The fourth-order valence-corrected chi connectivity index (χ4v) is 2.56. The second kappa shape index (κ2) is 26.6. The smallest absolute Gasteiger partial charge is 0.306 e. The first-order valence-electron chi connectivity index (χ1n) is 12.7. The van der Waals surface area contributed by atoms with Crippen LogP contribution in [0.2, 0.25) is 0 Å². The average molecular weight is 444 g/mol. The van der Waals surface area contributed by atoms with Crippen LogP contribution in [0.1, 0.15) is 132 Å². The van der Waals surface area contributed by atoms with Crippen LogP contribution in [0, 0.1) is 11.8 Å². The maximum Gasteiger partial charge on any atom is 0.306 e. The molecule has 0 saturated heterocycles. The number of carboxylic acid groups (broad SMARTS) is 1. The summed E-state index contributed by atoms with van der Waals surface area (Å²) < 4.78 is 0. The van der Waals surface area contributed by atoms with Gasteiger partial charge in [0.1, 0.15) is 5.78 Å². The monoisotopic (exact) mass is 443 g/mol. The van der Waals surface area contributed by atoms with Gasteiger partial charge in [-0.1, -0.05) is 99.8 Å². The summed E-state index contributed by atoms with van der Waals surface area (Å²) in [6.45, 7) is 14.7. The van der Waals surface area contributed by atoms with Gasteiger partial charge in [0.05, 0.1) is 5.92 Å². The zero-order valence-electron chi connectivity index (χ0n) is 21.7. The molecule has 31 heavy (non-hydrogen) atoms. The van der Waals surface area contributed by atoms with Gasteiger partial charge in [0, 0.05) is 25.3 Å². The number of carboxylic acids is 1. The molecular weight excluding hydrogens is 390 g/mol. The number of Topliss-reactive ketones (excluding diaryl/α,β-unsaturated/α-hetero) is 1. The third-order valence-electron chi connectivity index (χ3n) is 4.54. The van der Waals surface area contributed by atoms with Gasteiger partial charge < -0.3 is 10.4 Å². The molecule has 0 aromatic carbocycles. The van der Waals surface area contributed by atoms with Crippen LogP contribution in [0.5, 0.6) is 0 Å². The van der Waals surface area contributed by atoms with Gasteiger partial charge in [0.15, 0.2) is 0 Å². The highest BCUT2D eigenvalue weighted by molar-refractivity contribution is 5.80. The number of unbranched alkanes of at least 4 members (excludes halogenated alkanes) is 7. The van der Waals surface area contributed by atoms with Crippen LogP contribution in [0.25, 0.3) is 0 Å². The van der Waals surface area contributed by atoms with E-state index < -0.39 is 11.9 Å². The average Bonchev–Trinajstić information content (AvgIpc) is 2.70. The summed E-state index contributed by atoms with van der Waals surface area (Å²) in [5, 5.41) is 11.6. The Morgan fingerprint density at radius 3 is 1.55 bits per heavy atom. The summed E-state index contributed by atoms with van der Waals surface area (Å²) in [6, 6.07) is 0. The summed E-state index contributed by atoms with van der Waals surface area (Å²) >= 11 is 0. The summed E-state index contributed by atoms with van der Waals surface area (Å²) in [4.78, 5) is 33.7. The molecule has 0 heterocycles. The fraction of sp³-hybridized carbons (Fsp3) is 0.885. The van der Waals surface area contributed by atoms with E-state index in [1.54, 1.807) is 6.92 Å². The highest BCUT2D eigenvalue weighted by Gasteiger charge is 2.12. The van der Waals surface area contributed by atoms with Crippen LogP contribution in [-0.2, 0) is 14.4 Å². The van der Waals surface area contributed by atoms with E-state index in [-0.39, 0.29) is 18.2 Å².